The number of halogens is 3. The van der Waals surface area contributed by atoms with E-state index in [1.54, 1.807) is 36.4 Å². The van der Waals surface area contributed by atoms with Gasteiger partial charge in [0.2, 0.25) is 0 Å². The van der Waals surface area contributed by atoms with Crippen LogP contribution in [0.5, 0.6) is 5.75 Å². The molecule has 0 aliphatic heterocycles. The molecule has 0 aliphatic carbocycles. The topological polar surface area (TPSA) is 67.6 Å². The summed E-state index contributed by atoms with van der Waals surface area (Å²) in [6, 6.07) is 12.1. The number of carbonyl (C=O) groups excluding carboxylic acids is 1. The molecule has 3 N–H and O–H groups in total. The molecule has 8 heteroatoms. The SMILES string of the molecule is CCc1c(N)cc(Cl)c(CC)c1NC(=O)N(c1ccc(OC)cc1F)C(C)c1ccc(Cl)cc1. The molecule has 0 heterocycles. The monoisotopic (exact) mass is 503 g/mol. The first-order valence-corrected chi connectivity index (χ1v) is 11.8. The van der Waals surface area contributed by atoms with Crippen molar-refractivity contribution >= 4 is 46.3 Å². The third-order valence-electron chi connectivity index (χ3n) is 5.83. The van der Waals surface area contributed by atoms with Crippen molar-refractivity contribution in [3.63, 3.8) is 0 Å². The minimum absolute atomic E-state index is 0.104. The highest BCUT2D eigenvalue weighted by Crippen LogP contribution is 2.36. The molecule has 5 nitrogen and oxygen atoms in total. The van der Waals surface area contributed by atoms with E-state index in [2.05, 4.69) is 5.32 Å². The van der Waals surface area contributed by atoms with Crippen LogP contribution in [0, 0.1) is 5.82 Å². The fourth-order valence-electron chi connectivity index (χ4n) is 4.00. The standard InChI is InChI=1S/C26H28Cl2FN3O2/c1-5-19-21(28)14-23(30)20(6-2)25(19)31-26(33)32(15(3)16-7-9-17(27)10-8-16)24-12-11-18(34-4)13-22(24)29/h7-15H,5-6,30H2,1-4H3,(H,31,33). The largest absolute Gasteiger partial charge is 0.497 e. The fraction of sp³-hybridized carbons (Fsp3) is 0.269. The Hall–Kier alpha value is -2.96. The summed E-state index contributed by atoms with van der Waals surface area (Å²) in [7, 11) is 1.46. The van der Waals surface area contributed by atoms with E-state index >= 15 is 4.39 Å². The molecular formula is C26H28Cl2FN3O2. The van der Waals surface area contributed by atoms with Gasteiger partial charge in [-0.2, -0.15) is 0 Å². The van der Waals surface area contributed by atoms with Crippen LogP contribution in [0.1, 0.15) is 43.5 Å². The summed E-state index contributed by atoms with van der Waals surface area (Å²) in [4.78, 5) is 15.1. The maximum atomic E-state index is 15.2. The Bertz CT molecular complexity index is 1160. The van der Waals surface area contributed by atoms with Crippen LogP contribution in [0.3, 0.4) is 0 Å². The number of nitrogens with zero attached hydrogens (tertiary/aromatic N) is 1. The molecule has 0 radical (unpaired) electrons. The number of amides is 2. The van der Waals surface area contributed by atoms with Crippen molar-refractivity contribution in [2.24, 2.45) is 0 Å². The smallest absolute Gasteiger partial charge is 0.327 e. The average Bonchev–Trinajstić information content (AvgIpc) is 2.80. The van der Waals surface area contributed by atoms with Crippen molar-refractivity contribution in [2.75, 3.05) is 23.1 Å². The van der Waals surface area contributed by atoms with Crippen LogP contribution in [-0.2, 0) is 12.8 Å². The zero-order valence-electron chi connectivity index (χ0n) is 19.6. The quantitative estimate of drug-likeness (QED) is 0.325. The lowest BCUT2D eigenvalue weighted by Crippen LogP contribution is -2.38. The lowest BCUT2D eigenvalue weighted by atomic mass is 10.0. The average molecular weight is 504 g/mol. The molecule has 0 saturated heterocycles. The third-order valence-corrected chi connectivity index (χ3v) is 6.42. The zero-order valence-corrected chi connectivity index (χ0v) is 21.1. The maximum Gasteiger partial charge on any atom is 0.327 e. The molecule has 0 aromatic heterocycles. The molecular weight excluding hydrogens is 476 g/mol. The Morgan fingerprint density at radius 3 is 2.29 bits per heavy atom. The van der Waals surface area contributed by atoms with Crippen LogP contribution in [0.4, 0.5) is 26.2 Å². The number of hydrogen-bond donors (Lipinski definition) is 2. The number of anilines is 3. The van der Waals surface area contributed by atoms with Gasteiger partial charge >= 0.3 is 6.03 Å². The lowest BCUT2D eigenvalue weighted by molar-refractivity contribution is 0.255. The summed E-state index contributed by atoms with van der Waals surface area (Å²) in [5.41, 5.74) is 9.70. The first-order chi connectivity index (χ1) is 16.2. The Morgan fingerprint density at radius 1 is 1.09 bits per heavy atom. The number of rotatable bonds is 7. The summed E-state index contributed by atoms with van der Waals surface area (Å²) in [5.74, 6) is -0.239. The minimum Gasteiger partial charge on any atom is -0.497 e. The summed E-state index contributed by atoms with van der Waals surface area (Å²) in [5, 5.41) is 4.02. The number of benzene rings is 3. The van der Waals surface area contributed by atoms with Gasteiger partial charge in [-0.1, -0.05) is 49.2 Å². The molecule has 0 bridgehead atoms. The van der Waals surface area contributed by atoms with Crippen LogP contribution in [0.2, 0.25) is 10.0 Å². The number of carbonyl (C=O) groups is 1. The fourth-order valence-corrected chi connectivity index (χ4v) is 4.47. The molecule has 0 aliphatic rings. The highest BCUT2D eigenvalue weighted by atomic mass is 35.5. The molecule has 0 saturated carbocycles. The Morgan fingerprint density at radius 2 is 1.74 bits per heavy atom. The first kappa shape index (κ1) is 25.7. The predicted molar refractivity (Wildman–Crippen MR) is 139 cm³/mol. The van der Waals surface area contributed by atoms with E-state index in [-0.39, 0.29) is 5.69 Å². The van der Waals surface area contributed by atoms with E-state index in [1.807, 2.05) is 20.8 Å². The number of nitrogen functional groups attached to an aromatic ring is 1. The van der Waals surface area contributed by atoms with E-state index in [0.29, 0.717) is 40.0 Å². The van der Waals surface area contributed by atoms with Gasteiger partial charge in [-0.3, -0.25) is 4.90 Å². The second-order valence-electron chi connectivity index (χ2n) is 7.83. The van der Waals surface area contributed by atoms with Gasteiger partial charge in [0, 0.05) is 21.8 Å². The van der Waals surface area contributed by atoms with Crippen molar-refractivity contribution in [1.82, 2.24) is 0 Å². The first-order valence-electron chi connectivity index (χ1n) is 11.0. The Balaban J connectivity index is 2.12. The number of hydrogen-bond acceptors (Lipinski definition) is 3. The van der Waals surface area contributed by atoms with Gasteiger partial charge in [-0.05, 0) is 66.8 Å². The van der Waals surface area contributed by atoms with Crippen molar-refractivity contribution in [1.29, 1.82) is 0 Å². The predicted octanol–water partition coefficient (Wildman–Crippen LogP) is 7.65. The van der Waals surface area contributed by atoms with Gasteiger partial charge in [0.25, 0.3) is 0 Å². The zero-order chi connectivity index (χ0) is 25.0. The molecule has 3 rings (SSSR count). The van der Waals surface area contributed by atoms with Gasteiger partial charge < -0.3 is 15.8 Å². The second kappa shape index (κ2) is 11.0. The van der Waals surface area contributed by atoms with Crippen LogP contribution in [0.15, 0.2) is 48.5 Å². The maximum absolute atomic E-state index is 15.2. The minimum atomic E-state index is -0.590. The van der Waals surface area contributed by atoms with E-state index in [0.717, 1.165) is 16.7 Å². The van der Waals surface area contributed by atoms with Crippen molar-refractivity contribution in [3.05, 3.63) is 81.1 Å². The number of methoxy groups -OCH3 is 1. The number of urea groups is 1. The number of nitrogens with two attached hydrogens (primary N) is 1. The van der Waals surface area contributed by atoms with Crippen LogP contribution in [0.25, 0.3) is 0 Å². The van der Waals surface area contributed by atoms with E-state index < -0.39 is 17.9 Å². The molecule has 1 unspecified atom stereocenters. The Kier molecular flexibility index (Phi) is 8.28. The lowest BCUT2D eigenvalue weighted by Gasteiger charge is -2.31. The molecule has 34 heavy (non-hydrogen) atoms. The van der Waals surface area contributed by atoms with Gasteiger partial charge in [-0.15, -0.1) is 0 Å². The van der Waals surface area contributed by atoms with E-state index in [4.69, 9.17) is 33.7 Å². The molecule has 0 fully saturated rings. The number of ether oxygens (including phenoxy) is 1. The van der Waals surface area contributed by atoms with Crippen LogP contribution >= 0.6 is 23.2 Å². The van der Waals surface area contributed by atoms with Gasteiger partial charge in [0.1, 0.15) is 5.75 Å². The van der Waals surface area contributed by atoms with Crippen molar-refractivity contribution in [2.45, 2.75) is 39.7 Å². The van der Waals surface area contributed by atoms with Crippen LogP contribution < -0.4 is 20.7 Å². The summed E-state index contributed by atoms with van der Waals surface area (Å²) in [6.07, 6.45) is 1.18. The molecule has 3 aromatic carbocycles. The molecule has 180 valence electrons. The van der Waals surface area contributed by atoms with Crippen molar-refractivity contribution < 1.29 is 13.9 Å². The van der Waals surface area contributed by atoms with Gasteiger partial charge in [-0.25, -0.2) is 9.18 Å². The van der Waals surface area contributed by atoms with Crippen molar-refractivity contribution in [3.8, 4) is 5.75 Å². The van der Waals surface area contributed by atoms with E-state index in [9.17, 15) is 4.79 Å². The third kappa shape index (κ3) is 5.24. The normalized spacial score (nSPS) is 11.7. The van der Waals surface area contributed by atoms with E-state index in [1.165, 1.54) is 24.1 Å². The molecule has 2 amide bonds. The Labute approximate surface area is 209 Å². The summed E-state index contributed by atoms with van der Waals surface area (Å²) in [6.45, 7) is 5.72. The molecule has 1 atom stereocenters. The highest BCUT2D eigenvalue weighted by Gasteiger charge is 2.28. The summed E-state index contributed by atoms with van der Waals surface area (Å²) < 4.78 is 20.3. The van der Waals surface area contributed by atoms with Crippen LogP contribution in [-0.4, -0.2) is 13.1 Å². The molecule has 0 spiro atoms. The highest BCUT2D eigenvalue weighted by molar-refractivity contribution is 6.32. The van der Waals surface area contributed by atoms with Gasteiger partial charge in [0.05, 0.1) is 24.5 Å². The summed E-state index contributed by atoms with van der Waals surface area (Å²) >= 11 is 12.5. The number of nitrogens with one attached hydrogen (secondary N) is 1. The van der Waals surface area contributed by atoms with Gasteiger partial charge in [0.15, 0.2) is 5.82 Å². The second-order valence-corrected chi connectivity index (χ2v) is 8.68. The molecule has 3 aromatic rings.